The van der Waals surface area contributed by atoms with Gasteiger partial charge in [0, 0.05) is 5.56 Å². The lowest BCUT2D eigenvalue weighted by Gasteiger charge is -2.16. The highest BCUT2D eigenvalue weighted by Gasteiger charge is 2.14. The Morgan fingerprint density at radius 3 is 1.63 bits per heavy atom. The summed E-state index contributed by atoms with van der Waals surface area (Å²) < 4.78 is 3.56. The van der Waals surface area contributed by atoms with Crippen molar-refractivity contribution < 1.29 is 0 Å². The fourth-order valence-corrected chi connectivity index (χ4v) is 2.52. The van der Waals surface area contributed by atoms with Crippen molar-refractivity contribution in [1.82, 2.24) is 29.5 Å². The molecule has 0 saturated carbocycles. The Hall–Kier alpha value is -2.50. The van der Waals surface area contributed by atoms with Crippen molar-refractivity contribution in [3.8, 4) is 11.4 Å². The zero-order valence-corrected chi connectivity index (χ0v) is 11.1. The molecule has 6 heteroatoms. The maximum Gasteiger partial charge on any atom is 0.138 e. The summed E-state index contributed by atoms with van der Waals surface area (Å²) in [7, 11) is 0. The number of benzene rings is 1. The van der Waals surface area contributed by atoms with E-state index in [0.717, 1.165) is 28.1 Å². The van der Waals surface area contributed by atoms with E-state index >= 15 is 0 Å². The van der Waals surface area contributed by atoms with Crippen LogP contribution in [0, 0.1) is 20.8 Å². The van der Waals surface area contributed by atoms with Crippen molar-refractivity contribution in [3.05, 3.63) is 48.1 Å². The third kappa shape index (κ3) is 1.81. The third-order valence-corrected chi connectivity index (χ3v) is 3.19. The molecule has 0 aliphatic rings. The smallest absolute Gasteiger partial charge is 0.138 e. The predicted octanol–water partition coefficient (Wildman–Crippen LogP) is 1.77. The second-order valence-corrected chi connectivity index (χ2v) is 4.51. The highest BCUT2D eigenvalue weighted by molar-refractivity contribution is 5.60. The van der Waals surface area contributed by atoms with E-state index in [1.54, 1.807) is 22.0 Å². The van der Waals surface area contributed by atoms with Crippen LogP contribution in [0.25, 0.3) is 11.4 Å². The molecule has 0 radical (unpaired) electrons. The number of nitrogens with zero attached hydrogens (tertiary/aromatic N) is 6. The van der Waals surface area contributed by atoms with Crippen LogP contribution in [0.3, 0.4) is 0 Å². The summed E-state index contributed by atoms with van der Waals surface area (Å²) in [6.45, 7) is 6.21. The lowest BCUT2D eigenvalue weighted by molar-refractivity contribution is 0.830. The average Bonchev–Trinajstić information content (AvgIpc) is 3.00. The van der Waals surface area contributed by atoms with Gasteiger partial charge in [0.15, 0.2) is 0 Å². The van der Waals surface area contributed by atoms with Crippen LogP contribution in [0.5, 0.6) is 0 Å². The Morgan fingerprint density at radius 1 is 0.789 bits per heavy atom. The van der Waals surface area contributed by atoms with E-state index in [-0.39, 0.29) is 0 Å². The van der Waals surface area contributed by atoms with Crippen molar-refractivity contribution in [3.63, 3.8) is 0 Å². The fourth-order valence-electron chi connectivity index (χ4n) is 2.52. The Labute approximate surface area is 110 Å². The number of hydrogen-bond donors (Lipinski definition) is 0. The first kappa shape index (κ1) is 11.6. The topological polar surface area (TPSA) is 61.4 Å². The molecule has 3 aromatic rings. The van der Waals surface area contributed by atoms with E-state index < -0.39 is 0 Å². The van der Waals surface area contributed by atoms with Gasteiger partial charge in [0.2, 0.25) is 0 Å². The van der Waals surface area contributed by atoms with Gasteiger partial charge >= 0.3 is 0 Å². The highest BCUT2D eigenvalue weighted by atomic mass is 15.3. The summed E-state index contributed by atoms with van der Waals surface area (Å²) in [5.41, 5.74) is 5.49. The Kier molecular flexibility index (Phi) is 2.63. The van der Waals surface area contributed by atoms with Crippen molar-refractivity contribution in [2.75, 3.05) is 0 Å². The normalized spacial score (nSPS) is 10.9. The molecule has 0 unspecified atom stereocenters. The van der Waals surface area contributed by atoms with Crippen molar-refractivity contribution in [1.29, 1.82) is 0 Å². The van der Waals surface area contributed by atoms with Crippen LogP contribution in [0.4, 0.5) is 0 Å². The van der Waals surface area contributed by atoms with E-state index in [2.05, 4.69) is 47.0 Å². The van der Waals surface area contributed by atoms with Crippen LogP contribution < -0.4 is 0 Å². The molecular formula is C13H14N6. The van der Waals surface area contributed by atoms with Gasteiger partial charge in [0.05, 0.1) is 11.4 Å². The molecule has 6 nitrogen and oxygen atoms in total. The first-order chi connectivity index (χ1) is 9.18. The van der Waals surface area contributed by atoms with E-state index in [0.29, 0.717) is 0 Å². The molecule has 0 aliphatic heterocycles. The molecule has 2 aromatic heterocycles. The van der Waals surface area contributed by atoms with Gasteiger partial charge in [-0.3, -0.25) is 0 Å². The quantitative estimate of drug-likeness (QED) is 0.699. The second kappa shape index (κ2) is 4.31. The van der Waals surface area contributed by atoms with E-state index in [1.807, 2.05) is 0 Å². The third-order valence-electron chi connectivity index (χ3n) is 3.19. The predicted molar refractivity (Wildman–Crippen MR) is 70.5 cm³/mol. The minimum Gasteiger partial charge on any atom is -0.223 e. The molecule has 0 N–H and O–H groups in total. The van der Waals surface area contributed by atoms with E-state index in [9.17, 15) is 0 Å². The van der Waals surface area contributed by atoms with E-state index in [4.69, 9.17) is 0 Å². The summed E-state index contributed by atoms with van der Waals surface area (Å²) in [6.07, 6.45) is 6.48. The minimum atomic E-state index is 1.04. The Balaban J connectivity index is 2.30. The molecule has 0 saturated heterocycles. The molecule has 0 aliphatic carbocycles. The maximum atomic E-state index is 4.22. The molecule has 2 heterocycles. The van der Waals surface area contributed by atoms with Gasteiger partial charge < -0.3 is 0 Å². The lowest BCUT2D eigenvalue weighted by atomic mass is 10.0. The van der Waals surface area contributed by atoms with E-state index in [1.165, 1.54) is 12.7 Å². The first-order valence-electron chi connectivity index (χ1n) is 5.99. The van der Waals surface area contributed by atoms with Gasteiger partial charge in [-0.15, -0.1) is 0 Å². The number of aromatic nitrogens is 6. The summed E-state index contributed by atoms with van der Waals surface area (Å²) in [6, 6.07) is 2.13. The largest absolute Gasteiger partial charge is 0.223 e. The monoisotopic (exact) mass is 254 g/mol. The molecular weight excluding hydrogens is 240 g/mol. The standard InChI is InChI=1S/C13H14N6/c1-9-4-10(2)13(19-8-15-6-17-19)11(3)12(9)18-7-14-5-16-18/h4-8H,1-3H3. The lowest BCUT2D eigenvalue weighted by Crippen LogP contribution is -2.08. The van der Waals surface area contributed by atoms with Crippen LogP contribution >= 0.6 is 0 Å². The summed E-state index contributed by atoms with van der Waals surface area (Å²) in [5, 5.41) is 8.44. The molecule has 3 rings (SSSR count). The van der Waals surface area contributed by atoms with Gasteiger partial charge in [-0.05, 0) is 31.9 Å². The van der Waals surface area contributed by atoms with Gasteiger partial charge in [-0.1, -0.05) is 6.07 Å². The molecule has 19 heavy (non-hydrogen) atoms. The molecule has 0 spiro atoms. The maximum absolute atomic E-state index is 4.22. The van der Waals surface area contributed by atoms with Crippen molar-refractivity contribution in [2.45, 2.75) is 20.8 Å². The van der Waals surface area contributed by atoms with Gasteiger partial charge in [0.25, 0.3) is 0 Å². The molecule has 1 aromatic carbocycles. The highest BCUT2D eigenvalue weighted by Crippen LogP contribution is 2.27. The molecule has 0 bridgehead atoms. The van der Waals surface area contributed by atoms with Crippen molar-refractivity contribution >= 4 is 0 Å². The number of rotatable bonds is 2. The zero-order valence-electron chi connectivity index (χ0n) is 11.1. The summed E-state index contributed by atoms with van der Waals surface area (Å²) in [4.78, 5) is 8.03. The summed E-state index contributed by atoms with van der Waals surface area (Å²) in [5.74, 6) is 0. The van der Waals surface area contributed by atoms with Crippen LogP contribution in [-0.4, -0.2) is 29.5 Å². The van der Waals surface area contributed by atoms with Crippen LogP contribution in [0.2, 0.25) is 0 Å². The molecule has 0 atom stereocenters. The van der Waals surface area contributed by atoms with Gasteiger partial charge in [-0.2, -0.15) is 10.2 Å². The first-order valence-corrected chi connectivity index (χ1v) is 5.99. The van der Waals surface area contributed by atoms with Gasteiger partial charge in [0.1, 0.15) is 25.3 Å². The molecule has 0 fully saturated rings. The van der Waals surface area contributed by atoms with Gasteiger partial charge in [-0.25, -0.2) is 19.3 Å². The Morgan fingerprint density at radius 2 is 1.26 bits per heavy atom. The van der Waals surface area contributed by atoms with Crippen molar-refractivity contribution in [2.24, 2.45) is 0 Å². The average molecular weight is 254 g/mol. The minimum absolute atomic E-state index is 1.04. The second-order valence-electron chi connectivity index (χ2n) is 4.51. The molecule has 0 amide bonds. The Bertz CT molecular complexity index is 639. The SMILES string of the molecule is Cc1cc(C)c(-n2cncn2)c(C)c1-n1cncn1. The fraction of sp³-hybridized carbons (Fsp3) is 0.231. The summed E-state index contributed by atoms with van der Waals surface area (Å²) >= 11 is 0. The number of aryl methyl sites for hydroxylation is 2. The van der Waals surface area contributed by atoms with Crippen LogP contribution in [-0.2, 0) is 0 Å². The molecule has 96 valence electrons. The van der Waals surface area contributed by atoms with Crippen LogP contribution in [0.15, 0.2) is 31.4 Å². The number of hydrogen-bond acceptors (Lipinski definition) is 4. The zero-order chi connectivity index (χ0) is 13.4. The van der Waals surface area contributed by atoms with Crippen LogP contribution in [0.1, 0.15) is 16.7 Å².